The van der Waals surface area contributed by atoms with Gasteiger partial charge in [-0.2, -0.15) is 8.78 Å². The van der Waals surface area contributed by atoms with Crippen LogP contribution in [0.2, 0.25) is 0 Å². The minimum atomic E-state index is -3.98. The highest BCUT2D eigenvalue weighted by Gasteiger charge is 2.19. The van der Waals surface area contributed by atoms with Crippen molar-refractivity contribution in [2.24, 2.45) is 0 Å². The second kappa shape index (κ2) is 10.0. The van der Waals surface area contributed by atoms with Gasteiger partial charge in [0.15, 0.2) is 0 Å². The first-order valence-corrected chi connectivity index (χ1v) is 11.7. The SMILES string of the molecule is COc1ccc(NS(=O)(=O)c2ccc(C)c(C(=O)Nc3ccccc3SC(F)F)c2)cc1. The van der Waals surface area contributed by atoms with Crippen LogP contribution in [0.4, 0.5) is 20.2 Å². The predicted octanol–water partition coefficient (Wildman–Crippen LogP) is 5.37. The Labute approximate surface area is 189 Å². The number of thioether (sulfide) groups is 1. The molecule has 0 aromatic heterocycles. The molecule has 0 radical (unpaired) electrons. The Morgan fingerprint density at radius 2 is 1.72 bits per heavy atom. The van der Waals surface area contributed by atoms with E-state index in [-0.39, 0.29) is 21.0 Å². The quantitative estimate of drug-likeness (QED) is 0.425. The maximum absolute atomic E-state index is 12.8. The van der Waals surface area contributed by atoms with Crippen molar-refractivity contribution in [2.45, 2.75) is 22.5 Å². The Kier molecular flexibility index (Phi) is 7.37. The number of sulfonamides is 1. The van der Waals surface area contributed by atoms with Gasteiger partial charge in [0.1, 0.15) is 5.75 Å². The summed E-state index contributed by atoms with van der Waals surface area (Å²) in [7, 11) is -2.47. The average molecular weight is 479 g/mol. The van der Waals surface area contributed by atoms with Crippen molar-refractivity contribution in [3.05, 3.63) is 77.9 Å². The third kappa shape index (κ3) is 5.77. The number of para-hydroxylation sites is 1. The number of rotatable bonds is 8. The van der Waals surface area contributed by atoms with Gasteiger partial charge < -0.3 is 10.1 Å². The molecule has 6 nitrogen and oxygen atoms in total. The van der Waals surface area contributed by atoms with Crippen LogP contribution in [0, 0.1) is 6.92 Å². The van der Waals surface area contributed by atoms with Crippen LogP contribution in [0.1, 0.15) is 15.9 Å². The van der Waals surface area contributed by atoms with Crippen LogP contribution in [-0.4, -0.2) is 27.2 Å². The molecule has 0 saturated heterocycles. The van der Waals surface area contributed by atoms with Crippen molar-refractivity contribution < 1.29 is 26.7 Å². The first-order chi connectivity index (χ1) is 15.2. The molecule has 32 heavy (non-hydrogen) atoms. The van der Waals surface area contributed by atoms with Crippen molar-refractivity contribution in [2.75, 3.05) is 17.1 Å². The van der Waals surface area contributed by atoms with E-state index in [1.165, 1.54) is 37.4 Å². The van der Waals surface area contributed by atoms with Crippen LogP contribution in [0.3, 0.4) is 0 Å². The number of benzene rings is 3. The summed E-state index contributed by atoms with van der Waals surface area (Å²) in [5, 5.41) is 2.59. The molecule has 0 aliphatic rings. The van der Waals surface area contributed by atoms with Gasteiger partial charge in [0.05, 0.1) is 17.7 Å². The number of hydrogen-bond acceptors (Lipinski definition) is 5. The Bertz CT molecular complexity index is 1220. The highest BCUT2D eigenvalue weighted by atomic mass is 32.2. The maximum Gasteiger partial charge on any atom is 0.288 e. The van der Waals surface area contributed by atoms with E-state index in [9.17, 15) is 22.0 Å². The zero-order valence-corrected chi connectivity index (χ0v) is 18.8. The molecule has 3 rings (SSSR count). The molecule has 3 aromatic carbocycles. The number of ether oxygens (including phenoxy) is 1. The average Bonchev–Trinajstić information content (AvgIpc) is 2.75. The third-order valence-electron chi connectivity index (χ3n) is 4.46. The number of anilines is 2. The van der Waals surface area contributed by atoms with Gasteiger partial charge in [-0.05, 0) is 61.0 Å². The second-order valence-corrected chi connectivity index (χ2v) is 9.35. The second-order valence-electron chi connectivity index (χ2n) is 6.64. The maximum atomic E-state index is 12.8. The van der Waals surface area contributed by atoms with Crippen molar-refractivity contribution in [1.29, 1.82) is 0 Å². The number of methoxy groups -OCH3 is 1. The minimum absolute atomic E-state index is 0.111. The molecule has 0 aliphatic heterocycles. The summed E-state index contributed by atoms with van der Waals surface area (Å²) >= 11 is 0.315. The van der Waals surface area contributed by atoms with Gasteiger partial charge in [-0.15, -0.1) is 0 Å². The summed E-state index contributed by atoms with van der Waals surface area (Å²) < 4.78 is 58.7. The molecule has 3 aromatic rings. The van der Waals surface area contributed by atoms with E-state index in [1.54, 1.807) is 43.3 Å². The van der Waals surface area contributed by atoms with Gasteiger partial charge >= 0.3 is 0 Å². The lowest BCUT2D eigenvalue weighted by Crippen LogP contribution is -2.17. The van der Waals surface area contributed by atoms with E-state index in [0.29, 0.717) is 28.8 Å². The van der Waals surface area contributed by atoms with Gasteiger partial charge in [0, 0.05) is 16.1 Å². The number of aryl methyl sites for hydroxylation is 1. The molecule has 0 atom stereocenters. The fraction of sp³-hybridized carbons (Fsp3) is 0.136. The van der Waals surface area contributed by atoms with Gasteiger partial charge in [-0.25, -0.2) is 8.42 Å². The van der Waals surface area contributed by atoms with Crippen LogP contribution in [-0.2, 0) is 10.0 Å². The molecule has 2 N–H and O–H groups in total. The largest absolute Gasteiger partial charge is 0.497 e. The molecular weight excluding hydrogens is 458 g/mol. The van der Waals surface area contributed by atoms with E-state index >= 15 is 0 Å². The fourth-order valence-corrected chi connectivity index (χ4v) is 4.52. The van der Waals surface area contributed by atoms with Gasteiger partial charge in [0.2, 0.25) is 0 Å². The number of halogens is 2. The molecule has 0 saturated carbocycles. The van der Waals surface area contributed by atoms with Crippen LogP contribution in [0.25, 0.3) is 0 Å². The lowest BCUT2D eigenvalue weighted by molar-refractivity contribution is 0.102. The van der Waals surface area contributed by atoms with Crippen LogP contribution < -0.4 is 14.8 Å². The van der Waals surface area contributed by atoms with Crippen LogP contribution in [0.5, 0.6) is 5.75 Å². The van der Waals surface area contributed by atoms with E-state index in [1.807, 2.05) is 0 Å². The number of carbonyl (C=O) groups excluding carboxylic acids is 1. The molecule has 10 heteroatoms. The normalized spacial score (nSPS) is 11.3. The summed E-state index contributed by atoms with van der Waals surface area (Å²) in [6, 6.07) is 16.6. The van der Waals surface area contributed by atoms with Crippen LogP contribution in [0.15, 0.2) is 76.5 Å². The molecule has 0 aliphatic carbocycles. The molecule has 0 heterocycles. The molecule has 0 unspecified atom stereocenters. The number of carbonyl (C=O) groups is 1. The lowest BCUT2D eigenvalue weighted by Gasteiger charge is -2.13. The van der Waals surface area contributed by atoms with Crippen molar-refractivity contribution >= 4 is 39.1 Å². The Morgan fingerprint density at radius 3 is 2.38 bits per heavy atom. The van der Waals surface area contributed by atoms with Gasteiger partial charge in [0.25, 0.3) is 21.7 Å². The van der Waals surface area contributed by atoms with Crippen molar-refractivity contribution in [3.63, 3.8) is 0 Å². The summed E-state index contributed by atoms with van der Waals surface area (Å²) in [6.45, 7) is 1.65. The van der Waals surface area contributed by atoms with E-state index < -0.39 is 21.7 Å². The molecule has 1 amide bonds. The number of alkyl halides is 2. The summed E-state index contributed by atoms with van der Waals surface area (Å²) in [6.07, 6.45) is 0. The number of hydrogen-bond donors (Lipinski definition) is 2. The van der Waals surface area contributed by atoms with Crippen molar-refractivity contribution in [3.8, 4) is 5.75 Å². The molecule has 0 bridgehead atoms. The highest BCUT2D eigenvalue weighted by molar-refractivity contribution is 7.99. The summed E-state index contributed by atoms with van der Waals surface area (Å²) in [5.74, 6) is -2.67. The first-order valence-electron chi connectivity index (χ1n) is 9.32. The fourth-order valence-electron chi connectivity index (χ4n) is 2.84. The number of amides is 1. The topological polar surface area (TPSA) is 84.5 Å². The highest BCUT2D eigenvalue weighted by Crippen LogP contribution is 2.32. The minimum Gasteiger partial charge on any atom is -0.497 e. The predicted molar refractivity (Wildman–Crippen MR) is 121 cm³/mol. The Balaban J connectivity index is 1.85. The van der Waals surface area contributed by atoms with Crippen LogP contribution >= 0.6 is 11.8 Å². The summed E-state index contributed by atoms with van der Waals surface area (Å²) in [5.41, 5.74) is 1.19. The Hall–Kier alpha value is -3.11. The Morgan fingerprint density at radius 1 is 1.03 bits per heavy atom. The number of nitrogens with one attached hydrogen (secondary N) is 2. The van der Waals surface area contributed by atoms with E-state index in [4.69, 9.17) is 4.74 Å². The van der Waals surface area contributed by atoms with Gasteiger partial charge in [-0.1, -0.05) is 30.0 Å². The third-order valence-corrected chi connectivity index (χ3v) is 6.62. The van der Waals surface area contributed by atoms with Gasteiger partial charge in [-0.3, -0.25) is 9.52 Å². The summed E-state index contributed by atoms with van der Waals surface area (Å²) in [4.78, 5) is 12.9. The zero-order chi connectivity index (χ0) is 23.3. The first kappa shape index (κ1) is 23.6. The van der Waals surface area contributed by atoms with E-state index in [2.05, 4.69) is 10.0 Å². The molecule has 168 valence electrons. The molecular formula is C22H20F2N2O4S2. The standard InChI is InChI=1S/C22H20F2N2O4S2/c1-14-7-12-17(32(28,29)26-15-8-10-16(30-2)11-9-15)13-18(14)21(27)25-19-5-3-4-6-20(19)31-22(23)24/h3-13,22,26H,1-2H3,(H,25,27). The monoisotopic (exact) mass is 478 g/mol. The molecule has 0 spiro atoms. The smallest absolute Gasteiger partial charge is 0.288 e. The zero-order valence-electron chi connectivity index (χ0n) is 17.1. The van der Waals surface area contributed by atoms with Crippen molar-refractivity contribution in [1.82, 2.24) is 0 Å². The van der Waals surface area contributed by atoms with E-state index in [0.717, 1.165) is 0 Å². The lowest BCUT2D eigenvalue weighted by atomic mass is 10.1. The molecule has 0 fully saturated rings.